The van der Waals surface area contributed by atoms with Crippen molar-refractivity contribution in [3.63, 3.8) is 0 Å². The van der Waals surface area contributed by atoms with Gasteiger partial charge in [0.25, 0.3) is 0 Å². The number of hydrogen-bond donors (Lipinski definition) is 7. The van der Waals surface area contributed by atoms with Gasteiger partial charge < -0.3 is 54.7 Å². The van der Waals surface area contributed by atoms with Crippen LogP contribution in [-0.4, -0.2) is 121 Å². The van der Waals surface area contributed by atoms with Gasteiger partial charge in [-0.3, -0.25) is 9.59 Å². The number of hydrogen-bond acceptors (Lipinski definition) is 13. The van der Waals surface area contributed by atoms with Crippen LogP contribution in [0.25, 0.3) is 0 Å². The number of carbonyl (C=O) groups is 2. The number of aliphatic hydroxyl groups is 7. The van der Waals surface area contributed by atoms with Crippen LogP contribution in [0.5, 0.6) is 0 Å². The van der Waals surface area contributed by atoms with Crippen LogP contribution in [0.3, 0.4) is 0 Å². The largest absolute Gasteiger partial charge is 0.459 e. The van der Waals surface area contributed by atoms with E-state index in [1.165, 1.54) is 6.92 Å². The zero-order valence-corrected chi connectivity index (χ0v) is 30.9. The van der Waals surface area contributed by atoms with E-state index in [1.54, 1.807) is 6.92 Å². The Bertz CT molecular complexity index is 1480. The standard InChI is InChI=1S/C38H58O13/c1-18(40)49-29-20(41)14-33(4)22(32(29,2)3)10-11-34(5)23(33)9-8-19-28-36(7,47)37(17-48-30-27(45)26(44)25(43)21(16-39)50-30)12-13-38(28,31(46)51-37)24(42)15-35(19,34)6/h8,20-30,39,41-45,47H,9-17H2,1-7H3. The van der Waals surface area contributed by atoms with E-state index < -0.39 is 113 Å². The summed E-state index contributed by atoms with van der Waals surface area (Å²) in [7, 11) is 0. The van der Waals surface area contributed by atoms with Gasteiger partial charge in [-0.25, -0.2) is 0 Å². The SMILES string of the molecule is CC(=O)OC1C(O)CC2(C)C(CCC3(C)C2CC=C2C4C5(CCC(COC6OC(CO)C(O)C(O)C6O)(OC5=O)C4(C)O)C(O)CC23C)C1(C)C. The van der Waals surface area contributed by atoms with E-state index in [1.807, 2.05) is 0 Å². The van der Waals surface area contributed by atoms with Crippen molar-refractivity contribution in [2.75, 3.05) is 13.2 Å². The lowest BCUT2D eigenvalue weighted by molar-refractivity contribution is -0.345. The Kier molecular flexibility index (Phi) is 8.60. The lowest BCUT2D eigenvalue weighted by Gasteiger charge is -2.74. The van der Waals surface area contributed by atoms with Crippen molar-refractivity contribution in [3.05, 3.63) is 11.6 Å². The maximum Gasteiger partial charge on any atom is 0.316 e. The second kappa shape index (κ2) is 11.7. The van der Waals surface area contributed by atoms with Gasteiger partial charge in [-0.05, 0) is 80.0 Å². The molecule has 288 valence electrons. The Morgan fingerprint density at radius 2 is 1.63 bits per heavy atom. The van der Waals surface area contributed by atoms with Crippen LogP contribution >= 0.6 is 0 Å². The summed E-state index contributed by atoms with van der Waals surface area (Å²) >= 11 is 0. The molecule has 5 aliphatic carbocycles. The normalized spacial score (nSPS) is 55.7. The predicted molar refractivity (Wildman–Crippen MR) is 178 cm³/mol. The first kappa shape index (κ1) is 37.6. The van der Waals surface area contributed by atoms with E-state index in [-0.39, 0.29) is 30.1 Å². The summed E-state index contributed by atoms with van der Waals surface area (Å²) in [5, 5.41) is 77.5. The van der Waals surface area contributed by atoms with Crippen LogP contribution in [0.4, 0.5) is 0 Å². The first-order valence-corrected chi connectivity index (χ1v) is 18.7. The van der Waals surface area contributed by atoms with Gasteiger partial charge in [-0.1, -0.05) is 46.3 Å². The minimum Gasteiger partial charge on any atom is -0.459 e. The minimum absolute atomic E-state index is 0.0760. The molecule has 1 spiro atoms. The van der Waals surface area contributed by atoms with Crippen LogP contribution in [0.2, 0.25) is 0 Å². The van der Waals surface area contributed by atoms with E-state index in [2.05, 4.69) is 40.7 Å². The predicted octanol–water partition coefficient (Wildman–Crippen LogP) is 1.11. The molecule has 4 saturated carbocycles. The number of ether oxygens (including phenoxy) is 4. The number of esters is 2. The molecule has 13 heteroatoms. The number of aliphatic hydroxyl groups excluding tert-OH is 6. The van der Waals surface area contributed by atoms with Gasteiger partial charge in [0, 0.05) is 18.3 Å². The second-order valence-electron chi connectivity index (χ2n) is 18.7. The fourth-order valence-corrected chi connectivity index (χ4v) is 13.4. The molecule has 8 aliphatic rings. The molecule has 8 rings (SSSR count). The van der Waals surface area contributed by atoms with Gasteiger partial charge in [0.05, 0.1) is 25.4 Å². The molecule has 3 saturated heterocycles. The van der Waals surface area contributed by atoms with Crippen molar-refractivity contribution in [2.24, 2.45) is 44.8 Å². The minimum atomic E-state index is -1.74. The van der Waals surface area contributed by atoms with Crippen molar-refractivity contribution in [2.45, 2.75) is 154 Å². The van der Waals surface area contributed by atoms with Crippen LogP contribution in [0, 0.1) is 44.8 Å². The maximum absolute atomic E-state index is 14.2. The Hall–Kier alpha value is -1.68. The monoisotopic (exact) mass is 722 g/mol. The van der Waals surface area contributed by atoms with Crippen molar-refractivity contribution in [1.82, 2.24) is 0 Å². The summed E-state index contributed by atoms with van der Waals surface area (Å²) in [5.41, 5.74) is -5.70. The van der Waals surface area contributed by atoms with Gasteiger partial charge in [0.15, 0.2) is 11.9 Å². The molecular formula is C38H58O13. The third-order valence-corrected chi connectivity index (χ3v) is 16.2. The first-order valence-electron chi connectivity index (χ1n) is 18.7. The summed E-state index contributed by atoms with van der Waals surface area (Å²) in [6.07, 6.45) is -4.62. The highest BCUT2D eigenvalue weighted by Crippen LogP contribution is 2.77. The third-order valence-electron chi connectivity index (χ3n) is 16.2. The zero-order chi connectivity index (χ0) is 37.5. The van der Waals surface area contributed by atoms with Crippen LogP contribution in [-0.2, 0) is 28.5 Å². The molecule has 3 heterocycles. The Labute approximate surface area is 299 Å². The molecule has 7 fully saturated rings. The smallest absolute Gasteiger partial charge is 0.316 e. The number of fused-ring (bicyclic) bond motifs is 7. The quantitative estimate of drug-likeness (QED) is 0.157. The van der Waals surface area contributed by atoms with Crippen molar-refractivity contribution in [3.8, 4) is 0 Å². The molecule has 0 amide bonds. The average Bonchev–Trinajstić information content (AvgIpc) is 3.03. The fraction of sp³-hybridized carbons (Fsp3) is 0.895. The van der Waals surface area contributed by atoms with Crippen molar-refractivity contribution < 1.29 is 64.3 Å². The molecule has 0 aromatic rings. The number of carbonyl (C=O) groups excluding carboxylic acids is 2. The van der Waals surface area contributed by atoms with E-state index in [0.717, 1.165) is 18.4 Å². The van der Waals surface area contributed by atoms with Gasteiger partial charge in [0.1, 0.15) is 41.5 Å². The molecule has 7 N–H and O–H groups in total. The van der Waals surface area contributed by atoms with E-state index in [0.29, 0.717) is 19.3 Å². The van der Waals surface area contributed by atoms with Crippen LogP contribution in [0.1, 0.15) is 93.4 Å². The molecular weight excluding hydrogens is 664 g/mol. The maximum atomic E-state index is 14.2. The summed E-state index contributed by atoms with van der Waals surface area (Å²) < 4.78 is 23.4. The molecule has 0 aromatic carbocycles. The molecule has 17 atom stereocenters. The molecule has 51 heavy (non-hydrogen) atoms. The topological polar surface area (TPSA) is 213 Å². The summed E-state index contributed by atoms with van der Waals surface area (Å²) in [6, 6.07) is 0. The summed E-state index contributed by atoms with van der Waals surface area (Å²) in [6.45, 7) is 12.8. The molecule has 3 aliphatic heterocycles. The van der Waals surface area contributed by atoms with Gasteiger partial charge in [0.2, 0.25) is 0 Å². The van der Waals surface area contributed by atoms with Crippen molar-refractivity contribution >= 4 is 11.9 Å². The third kappa shape index (κ3) is 4.65. The highest BCUT2D eigenvalue weighted by atomic mass is 16.7. The zero-order valence-electron chi connectivity index (χ0n) is 30.9. The Morgan fingerprint density at radius 1 is 0.941 bits per heavy atom. The van der Waals surface area contributed by atoms with E-state index >= 15 is 0 Å². The molecule has 0 radical (unpaired) electrons. The van der Waals surface area contributed by atoms with Crippen molar-refractivity contribution in [1.29, 1.82) is 0 Å². The molecule has 0 aromatic heterocycles. The van der Waals surface area contributed by atoms with E-state index in [4.69, 9.17) is 18.9 Å². The van der Waals surface area contributed by atoms with Gasteiger partial charge in [-0.2, -0.15) is 0 Å². The fourth-order valence-electron chi connectivity index (χ4n) is 13.4. The summed E-state index contributed by atoms with van der Waals surface area (Å²) in [5.74, 6) is -1.64. The van der Waals surface area contributed by atoms with Crippen LogP contribution in [0.15, 0.2) is 11.6 Å². The lowest BCUT2D eigenvalue weighted by Crippen LogP contribution is -2.80. The Balaban J connectivity index is 1.25. The highest BCUT2D eigenvalue weighted by Gasteiger charge is 2.80. The first-order chi connectivity index (χ1) is 23.6. The van der Waals surface area contributed by atoms with E-state index in [9.17, 15) is 45.3 Å². The van der Waals surface area contributed by atoms with Gasteiger partial charge in [-0.15, -0.1) is 0 Å². The second-order valence-corrected chi connectivity index (χ2v) is 18.7. The number of allylic oxidation sites excluding steroid dienone is 1. The average molecular weight is 723 g/mol. The number of rotatable bonds is 5. The lowest BCUT2D eigenvalue weighted by atomic mass is 9.32. The van der Waals surface area contributed by atoms with Crippen LogP contribution < -0.4 is 0 Å². The summed E-state index contributed by atoms with van der Waals surface area (Å²) in [4.78, 5) is 26.3. The Morgan fingerprint density at radius 3 is 2.25 bits per heavy atom. The molecule has 2 bridgehead atoms. The molecule has 17 unspecified atom stereocenters. The van der Waals surface area contributed by atoms with Gasteiger partial charge >= 0.3 is 11.9 Å². The highest BCUT2D eigenvalue weighted by molar-refractivity contribution is 5.83. The molecule has 13 nitrogen and oxygen atoms in total.